The van der Waals surface area contributed by atoms with Crippen LogP contribution in [-0.2, 0) is 38.4 Å². The van der Waals surface area contributed by atoms with Crippen molar-refractivity contribution in [2.75, 3.05) is 26.2 Å². The maximum Gasteiger partial charge on any atom is 0.326 e. The summed E-state index contributed by atoms with van der Waals surface area (Å²) in [7, 11) is 0. The molecule has 256 valence electrons. The first-order valence-electron chi connectivity index (χ1n) is 14.1. The maximum absolute atomic E-state index is 13.3. The number of oxime groups is 1. The Morgan fingerprint density at radius 1 is 0.622 bits per heavy atom. The van der Waals surface area contributed by atoms with Crippen LogP contribution in [0.5, 0.6) is 0 Å². The van der Waals surface area contributed by atoms with Gasteiger partial charge in [0.25, 0.3) is 5.91 Å². The zero-order valence-electron chi connectivity index (χ0n) is 26.1. The van der Waals surface area contributed by atoms with Crippen molar-refractivity contribution in [3.05, 3.63) is 0 Å². The average Bonchev–Trinajstić information content (AvgIpc) is 2.94. The van der Waals surface area contributed by atoms with E-state index in [9.17, 15) is 54.3 Å². The number of hydrogen-bond donors (Lipinski definition) is 7. The van der Waals surface area contributed by atoms with Gasteiger partial charge in [-0.1, -0.05) is 5.16 Å². The monoisotopic (exact) mass is 647 g/mol. The molecule has 0 aromatic rings. The van der Waals surface area contributed by atoms with E-state index in [1.807, 2.05) is 0 Å². The fourth-order valence-corrected chi connectivity index (χ4v) is 3.60. The van der Waals surface area contributed by atoms with E-state index in [4.69, 9.17) is 4.84 Å². The van der Waals surface area contributed by atoms with Gasteiger partial charge in [-0.3, -0.25) is 44.4 Å². The summed E-state index contributed by atoms with van der Waals surface area (Å²) in [6.45, 7) is 5.44. The predicted octanol–water partition coefficient (Wildman–Crippen LogP) is -1.01. The number of carbonyl (C=O) groups is 7. The van der Waals surface area contributed by atoms with E-state index < -0.39 is 66.1 Å². The molecule has 0 aliphatic rings. The fourth-order valence-electron chi connectivity index (χ4n) is 3.60. The van der Waals surface area contributed by atoms with Crippen molar-refractivity contribution in [1.82, 2.24) is 31.1 Å². The number of hydroxylamine groups is 6. The summed E-state index contributed by atoms with van der Waals surface area (Å²) in [5, 5.41) is 50.5. The molecule has 19 nitrogen and oxygen atoms in total. The lowest BCUT2D eigenvalue weighted by Gasteiger charge is -2.25. The third-order valence-electron chi connectivity index (χ3n) is 6.02. The molecule has 0 aromatic carbocycles. The topological polar surface area (TPSA) is 268 Å². The molecule has 19 heteroatoms. The zero-order chi connectivity index (χ0) is 34.7. The molecule has 0 aromatic heterocycles. The first-order valence-corrected chi connectivity index (χ1v) is 14.1. The highest BCUT2D eigenvalue weighted by molar-refractivity contribution is 5.93. The molecule has 0 rings (SSSR count). The van der Waals surface area contributed by atoms with E-state index >= 15 is 0 Å². The Labute approximate surface area is 260 Å². The van der Waals surface area contributed by atoms with Gasteiger partial charge in [-0.15, -0.1) is 0 Å². The van der Waals surface area contributed by atoms with Crippen molar-refractivity contribution >= 4 is 47.1 Å². The second-order valence-electron chi connectivity index (χ2n) is 10.2. The number of carbonyl (C=O) groups excluding carboxylic acids is 6. The fraction of sp³-hybridized carbons (Fsp3) is 0.692. The van der Waals surface area contributed by atoms with Crippen LogP contribution >= 0.6 is 0 Å². The minimum Gasteiger partial charge on any atom is -0.480 e. The second kappa shape index (κ2) is 21.4. The van der Waals surface area contributed by atoms with Crippen LogP contribution in [0, 0.1) is 0 Å². The van der Waals surface area contributed by atoms with E-state index in [0.29, 0.717) is 20.9 Å². The number of amides is 6. The Hall–Kier alpha value is -4.36. The Morgan fingerprint density at radius 3 is 1.33 bits per heavy atom. The lowest BCUT2D eigenvalue weighted by molar-refractivity contribution is -0.163. The third kappa shape index (κ3) is 18.1. The van der Waals surface area contributed by atoms with Crippen LogP contribution in [0.25, 0.3) is 0 Å². The molecule has 0 saturated heterocycles. The van der Waals surface area contributed by atoms with Gasteiger partial charge in [0.05, 0.1) is 5.71 Å². The summed E-state index contributed by atoms with van der Waals surface area (Å²) in [5.41, 5.74) is 0.525. The molecule has 0 spiro atoms. The van der Waals surface area contributed by atoms with Gasteiger partial charge in [-0.25, -0.2) is 20.0 Å². The van der Waals surface area contributed by atoms with Crippen molar-refractivity contribution in [2.24, 2.45) is 5.16 Å². The molecule has 0 aliphatic carbocycles. The molecule has 0 fully saturated rings. The Morgan fingerprint density at radius 2 is 0.978 bits per heavy atom. The average molecular weight is 648 g/mol. The highest BCUT2D eigenvalue weighted by Gasteiger charge is 2.30. The molecule has 45 heavy (non-hydrogen) atoms. The third-order valence-corrected chi connectivity index (χ3v) is 6.02. The quantitative estimate of drug-likeness (QED) is 0.0449. The van der Waals surface area contributed by atoms with Crippen molar-refractivity contribution in [3.63, 3.8) is 0 Å². The van der Waals surface area contributed by atoms with E-state index in [0.717, 1.165) is 20.8 Å². The lowest BCUT2D eigenvalue weighted by Crippen LogP contribution is -2.56. The molecule has 7 N–H and O–H groups in total. The summed E-state index contributed by atoms with van der Waals surface area (Å²) >= 11 is 0. The van der Waals surface area contributed by atoms with Gasteiger partial charge in [0, 0.05) is 40.4 Å². The Kier molecular flexibility index (Phi) is 19.3. The van der Waals surface area contributed by atoms with E-state index in [1.54, 1.807) is 13.8 Å². The van der Waals surface area contributed by atoms with Crippen molar-refractivity contribution in [2.45, 2.75) is 91.3 Å². The summed E-state index contributed by atoms with van der Waals surface area (Å²) < 4.78 is 0. The van der Waals surface area contributed by atoms with Crippen LogP contribution in [0.15, 0.2) is 5.16 Å². The first kappa shape index (κ1) is 40.6. The minimum atomic E-state index is -1.47. The van der Waals surface area contributed by atoms with Crippen LogP contribution in [0.1, 0.15) is 73.1 Å². The molecule has 0 bridgehead atoms. The first-order chi connectivity index (χ1) is 21.0. The molecular weight excluding hydrogens is 602 g/mol. The maximum atomic E-state index is 13.3. The highest BCUT2D eigenvalue weighted by atomic mass is 16.6. The number of carboxylic acids is 1. The summed E-state index contributed by atoms with van der Waals surface area (Å²) in [6, 6.07) is -4.17. The van der Waals surface area contributed by atoms with Gasteiger partial charge in [-0.05, 0) is 52.4 Å². The molecule has 0 aliphatic heterocycles. The molecule has 3 atom stereocenters. The normalized spacial score (nSPS) is 12.4. The van der Waals surface area contributed by atoms with Gasteiger partial charge in [0.2, 0.25) is 29.5 Å². The van der Waals surface area contributed by atoms with Crippen molar-refractivity contribution in [1.29, 1.82) is 0 Å². The minimum absolute atomic E-state index is 0.00233. The summed E-state index contributed by atoms with van der Waals surface area (Å²) in [5.74, 6) is -5.97. The van der Waals surface area contributed by atoms with Gasteiger partial charge >= 0.3 is 5.97 Å². The van der Waals surface area contributed by atoms with Crippen LogP contribution in [0.4, 0.5) is 0 Å². The van der Waals surface area contributed by atoms with Crippen LogP contribution in [-0.4, -0.2) is 127 Å². The van der Waals surface area contributed by atoms with Crippen LogP contribution in [0.2, 0.25) is 0 Å². The second-order valence-corrected chi connectivity index (χ2v) is 10.2. The number of hydrogen-bond acceptors (Lipinski definition) is 12. The predicted molar refractivity (Wildman–Crippen MR) is 153 cm³/mol. The van der Waals surface area contributed by atoms with Crippen LogP contribution < -0.4 is 16.0 Å². The molecule has 0 heterocycles. The van der Waals surface area contributed by atoms with E-state index in [2.05, 4.69) is 21.1 Å². The molecule has 0 unspecified atom stereocenters. The largest absolute Gasteiger partial charge is 0.480 e. The summed E-state index contributed by atoms with van der Waals surface area (Å²) in [6.07, 6.45) is -0.435. The standard InChI is InChI=1S/C26H45N7O12/c1-16(2)30-45-15-23(37)27-20(9-6-12-31(42)17(3)34)24(38)28-21(10-7-13-32(43)18(4)35)25(39)29-22(26(40)41)11-8-14-33(44)19(5)36/h20-22,42-44H,6-15H2,1-5H3,(H,27,37)(H,28,38)(H,29,39)(H,40,41)/t20-,21-,22-/m0/s1. The van der Waals surface area contributed by atoms with Gasteiger partial charge in [0.1, 0.15) is 18.1 Å². The zero-order valence-corrected chi connectivity index (χ0v) is 26.1. The van der Waals surface area contributed by atoms with Crippen LogP contribution in [0.3, 0.4) is 0 Å². The SMILES string of the molecule is CC(=O)N(O)CCC[C@H](NC(=O)[C@H](CCCN(O)C(C)=O)NC(=O)[C@H](CCCN(O)C(C)=O)NC(=O)CON=C(C)C)C(=O)O. The number of carboxylic acid groups (broad SMARTS) is 1. The number of nitrogens with one attached hydrogen (secondary N) is 3. The van der Waals surface area contributed by atoms with E-state index in [-0.39, 0.29) is 58.2 Å². The number of nitrogens with zero attached hydrogens (tertiary/aromatic N) is 4. The van der Waals surface area contributed by atoms with Crippen molar-refractivity contribution < 1.29 is 59.1 Å². The Bertz CT molecular complexity index is 1070. The Balaban J connectivity index is 5.85. The molecular formula is C26H45N7O12. The van der Waals surface area contributed by atoms with Crippen molar-refractivity contribution in [3.8, 4) is 0 Å². The number of aliphatic carboxylic acids is 1. The summed E-state index contributed by atoms with van der Waals surface area (Å²) in [4.78, 5) is 89.5. The highest BCUT2D eigenvalue weighted by Crippen LogP contribution is 2.07. The van der Waals surface area contributed by atoms with E-state index in [1.165, 1.54) is 0 Å². The van der Waals surface area contributed by atoms with Gasteiger partial charge in [-0.2, -0.15) is 0 Å². The molecule has 0 radical (unpaired) electrons. The van der Waals surface area contributed by atoms with Gasteiger partial charge in [0.15, 0.2) is 6.61 Å². The molecule has 6 amide bonds. The number of rotatable bonds is 21. The van der Waals surface area contributed by atoms with Gasteiger partial charge < -0.3 is 25.9 Å². The smallest absolute Gasteiger partial charge is 0.326 e. The molecule has 0 saturated carbocycles. The lowest BCUT2D eigenvalue weighted by atomic mass is 10.1.